The van der Waals surface area contributed by atoms with Gasteiger partial charge in [-0.3, -0.25) is 9.59 Å². The van der Waals surface area contributed by atoms with Crippen LogP contribution in [0.2, 0.25) is 0 Å². The standard InChI is InChI=1S/C21H29NO5/c1-4-19(23)16-8-10-17(11-9-16)26-13-21(25)27-12-20(24)22-18-7-5-6-14(2)15(18)3/h8-11,14-15,18H,4-7,12-13H2,1-3H3,(H,22,24)/t14-,15-,18-/m0/s1. The number of nitrogens with one attached hydrogen (secondary N) is 1. The van der Waals surface area contributed by atoms with E-state index in [1.165, 1.54) is 6.42 Å². The zero-order chi connectivity index (χ0) is 19.8. The van der Waals surface area contributed by atoms with Gasteiger partial charge in [0.15, 0.2) is 19.0 Å². The largest absolute Gasteiger partial charge is 0.482 e. The molecule has 0 unspecified atom stereocenters. The van der Waals surface area contributed by atoms with E-state index in [0.29, 0.717) is 29.6 Å². The van der Waals surface area contributed by atoms with Crippen molar-refractivity contribution in [1.29, 1.82) is 0 Å². The number of ketones is 1. The van der Waals surface area contributed by atoms with Crippen LogP contribution in [0.25, 0.3) is 0 Å². The average Bonchev–Trinajstić information content (AvgIpc) is 2.68. The topological polar surface area (TPSA) is 81.7 Å². The quantitative estimate of drug-likeness (QED) is 0.558. The molecular formula is C21H29NO5. The first-order chi connectivity index (χ1) is 12.9. The van der Waals surface area contributed by atoms with E-state index in [1.54, 1.807) is 31.2 Å². The van der Waals surface area contributed by atoms with Gasteiger partial charge < -0.3 is 14.8 Å². The summed E-state index contributed by atoms with van der Waals surface area (Å²) in [4.78, 5) is 35.3. The van der Waals surface area contributed by atoms with Crippen LogP contribution >= 0.6 is 0 Å². The van der Waals surface area contributed by atoms with Gasteiger partial charge in [-0.05, 0) is 42.5 Å². The van der Waals surface area contributed by atoms with Gasteiger partial charge in [0.1, 0.15) is 5.75 Å². The van der Waals surface area contributed by atoms with Crippen molar-refractivity contribution < 1.29 is 23.9 Å². The average molecular weight is 375 g/mol. The molecule has 1 saturated carbocycles. The molecule has 0 aromatic heterocycles. The zero-order valence-electron chi connectivity index (χ0n) is 16.3. The fourth-order valence-corrected chi connectivity index (χ4v) is 3.31. The highest BCUT2D eigenvalue weighted by molar-refractivity contribution is 5.95. The molecule has 0 aliphatic heterocycles. The molecule has 6 heteroatoms. The van der Waals surface area contributed by atoms with Crippen molar-refractivity contribution in [2.75, 3.05) is 13.2 Å². The molecule has 0 radical (unpaired) electrons. The minimum Gasteiger partial charge on any atom is -0.482 e. The van der Waals surface area contributed by atoms with Gasteiger partial charge in [-0.2, -0.15) is 0 Å². The SMILES string of the molecule is CCC(=O)c1ccc(OCC(=O)OCC(=O)N[C@H]2CCC[C@H](C)[C@@H]2C)cc1. The van der Waals surface area contributed by atoms with Crippen LogP contribution in [0.4, 0.5) is 0 Å². The number of amides is 1. The summed E-state index contributed by atoms with van der Waals surface area (Å²) < 4.78 is 10.3. The molecule has 3 atom stereocenters. The summed E-state index contributed by atoms with van der Waals surface area (Å²) in [6.45, 7) is 5.56. The Bertz CT molecular complexity index is 655. The van der Waals surface area contributed by atoms with Crippen molar-refractivity contribution in [3.63, 3.8) is 0 Å². The van der Waals surface area contributed by atoms with Crippen molar-refractivity contribution in [3.8, 4) is 5.75 Å². The molecule has 2 rings (SSSR count). The highest BCUT2D eigenvalue weighted by Gasteiger charge is 2.28. The van der Waals surface area contributed by atoms with E-state index in [-0.39, 0.29) is 30.9 Å². The first-order valence-electron chi connectivity index (χ1n) is 9.61. The van der Waals surface area contributed by atoms with Crippen LogP contribution in [0.3, 0.4) is 0 Å². The fourth-order valence-electron chi connectivity index (χ4n) is 3.31. The highest BCUT2D eigenvalue weighted by Crippen LogP contribution is 2.29. The van der Waals surface area contributed by atoms with E-state index in [9.17, 15) is 14.4 Å². The molecule has 0 saturated heterocycles. The molecule has 1 amide bonds. The summed E-state index contributed by atoms with van der Waals surface area (Å²) in [7, 11) is 0. The zero-order valence-corrected chi connectivity index (χ0v) is 16.3. The van der Waals surface area contributed by atoms with E-state index in [4.69, 9.17) is 9.47 Å². The second-order valence-corrected chi connectivity index (χ2v) is 7.19. The predicted molar refractivity (Wildman–Crippen MR) is 102 cm³/mol. The van der Waals surface area contributed by atoms with Gasteiger partial charge in [0.25, 0.3) is 5.91 Å². The first-order valence-corrected chi connectivity index (χ1v) is 9.61. The number of rotatable bonds is 8. The van der Waals surface area contributed by atoms with Gasteiger partial charge in [0.2, 0.25) is 0 Å². The Morgan fingerprint density at radius 1 is 1.07 bits per heavy atom. The third-order valence-corrected chi connectivity index (χ3v) is 5.27. The smallest absolute Gasteiger partial charge is 0.344 e. The van der Waals surface area contributed by atoms with E-state index >= 15 is 0 Å². The van der Waals surface area contributed by atoms with Gasteiger partial charge in [0.05, 0.1) is 0 Å². The Morgan fingerprint density at radius 3 is 2.44 bits per heavy atom. The van der Waals surface area contributed by atoms with Crippen LogP contribution in [0.5, 0.6) is 5.75 Å². The third kappa shape index (κ3) is 6.38. The number of hydrogen-bond donors (Lipinski definition) is 1. The lowest BCUT2D eigenvalue weighted by molar-refractivity contribution is -0.150. The maximum absolute atomic E-state index is 12.0. The molecule has 27 heavy (non-hydrogen) atoms. The fraction of sp³-hybridized carbons (Fsp3) is 0.571. The molecule has 1 fully saturated rings. The lowest BCUT2D eigenvalue weighted by Gasteiger charge is -2.34. The summed E-state index contributed by atoms with van der Waals surface area (Å²) in [5, 5.41) is 2.96. The van der Waals surface area contributed by atoms with Gasteiger partial charge in [0, 0.05) is 18.0 Å². The van der Waals surface area contributed by atoms with E-state index in [0.717, 1.165) is 12.8 Å². The molecule has 1 aromatic rings. The van der Waals surface area contributed by atoms with Crippen molar-refractivity contribution in [2.24, 2.45) is 11.8 Å². The molecule has 0 spiro atoms. The summed E-state index contributed by atoms with van der Waals surface area (Å²) in [5.74, 6) is 0.631. The lowest BCUT2D eigenvalue weighted by Crippen LogP contribution is -2.45. The van der Waals surface area contributed by atoms with Gasteiger partial charge >= 0.3 is 5.97 Å². The normalized spacial score (nSPS) is 22.0. The Morgan fingerprint density at radius 2 is 1.78 bits per heavy atom. The predicted octanol–water partition coefficient (Wildman–Crippen LogP) is 3.14. The Balaban J connectivity index is 1.69. The highest BCUT2D eigenvalue weighted by atomic mass is 16.6. The number of carbonyl (C=O) groups excluding carboxylic acids is 3. The van der Waals surface area contributed by atoms with Gasteiger partial charge in [-0.1, -0.05) is 33.6 Å². The minimum atomic E-state index is -0.607. The molecule has 0 bridgehead atoms. The van der Waals surface area contributed by atoms with Crippen molar-refractivity contribution in [3.05, 3.63) is 29.8 Å². The summed E-state index contributed by atoms with van der Waals surface area (Å²) in [6.07, 6.45) is 3.69. The molecule has 6 nitrogen and oxygen atoms in total. The molecular weight excluding hydrogens is 346 g/mol. The summed E-state index contributed by atoms with van der Waals surface area (Å²) in [5.41, 5.74) is 0.607. The maximum atomic E-state index is 12.0. The summed E-state index contributed by atoms with van der Waals surface area (Å²) >= 11 is 0. The van der Waals surface area contributed by atoms with Crippen molar-refractivity contribution in [1.82, 2.24) is 5.32 Å². The monoisotopic (exact) mass is 375 g/mol. The molecule has 1 aromatic carbocycles. The molecule has 0 heterocycles. The molecule has 148 valence electrons. The van der Waals surface area contributed by atoms with Crippen molar-refractivity contribution >= 4 is 17.7 Å². The lowest BCUT2D eigenvalue weighted by atomic mass is 9.78. The second kappa shape index (κ2) is 10.1. The van der Waals surface area contributed by atoms with Gasteiger partial charge in [-0.15, -0.1) is 0 Å². The van der Waals surface area contributed by atoms with Gasteiger partial charge in [-0.25, -0.2) is 4.79 Å². The number of benzene rings is 1. The van der Waals surface area contributed by atoms with E-state index < -0.39 is 5.97 Å². The molecule has 1 aliphatic rings. The minimum absolute atomic E-state index is 0.0497. The second-order valence-electron chi connectivity index (χ2n) is 7.19. The van der Waals surface area contributed by atoms with E-state index in [1.807, 2.05) is 0 Å². The number of ether oxygens (including phenoxy) is 2. The summed E-state index contributed by atoms with van der Waals surface area (Å²) in [6, 6.07) is 6.72. The van der Waals surface area contributed by atoms with Crippen LogP contribution in [0.15, 0.2) is 24.3 Å². The van der Waals surface area contributed by atoms with Crippen LogP contribution in [-0.2, 0) is 14.3 Å². The van der Waals surface area contributed by atoms with Crippen LogP contribution in [0, 0.1) is 11.8 Å². The first kappa shape index (κ1) is 20.9. The number of Topliss-reactive ketones (excluding diaryl/α,β-unsaturated/α-hetero) is 1. The maximum Gasteiger partial charge on any atom is 0.344 e. The number of esters is 1. The molecule has 1 N–H and O–H groups in total. The van der Waals surface area contributed by atoms with Crippen molar-refractivity contribution in [2.45, 2.75) is 52.5 Å². The Hall–Kier alpha value is -2.37. The third-order valence-electron chi connectivity index (χ3n) is 5.27. The van der Waals surface area contributed by atoms with Crippen LogP contribution in [0.1, 0.15) is 56.8 Å². The Kier molecular flexibility index (Phi) is 7.82. The van der Waals surface area contributed by atoms with Crippen LogP contribution < -0.4 is 10.1 Å². The number of hydrogen-bond acceptors (Lipinski definition) is 5. The van der Waals surface area contributed by atoms with E-state index in [2.05, 4.69) is 19.2 Å². The van der Waals surface area contributed by atoms with Crippen LogP contribution in [-0.4, -0.2) is 36.9 Å². The Labute approximate surface area is 160 Å². The number of carbonyl (C=O) groups is 3. The molecule has 1 aliphatic carbocycles.